The Hall–Kier alpha value is -1.78. The van der Waals surface area contributed by atoms with E-state index in [-0.39, 0.29) is 12.2 Å². The maximum Gasteiger partial charge on any atom is 0.309 e. The molecule has 5 heteroatoms. The third kappa shape index (κ3) is 1.72. The third-order valence-electron chi connectivity index (χ3n) is 2.36. The number of nitrogens with zero attached hydrogens (tertiary/aromatic N) is 2. The average molecular weight is 206 g/mol. The van der Waals surface area contributed by atoms with Crippen molar-refractivity contribution in [3.05, 3.63) is 22.8 Å². The minimum atomic E-state index is -0.977. The van der Waals surface area contributed by atoms with Gasteiger partial charge in [-0.3, -0.25) is 9.59 Å². The minimum absolute atomic E-state index is 0.0405. The number of aryl methyl sites for hydroxylation is 2. The molecule has 0 saturated heterocycles. The lowest BCUT2D eigenvalue weighted by Gasteiger charge is -2.04. The lowest BCUT2D eigenvalue weighted by atomic mass is 10.1. The number of ketones is 1. The zero-order valence-electron chi connectivity index (χ0n) is 8.28. The number of Topliss-reactive ketones (excluding diaryl/α,β-unsaturated/α-hetero) is 1. The Kier molecular flexibility index (Phi) is 2.22. The van der Waals surface area contributed by atoms with Gasteiger partial charge in [0.1, 0.15) is 5.82 Å². The standard InChI is InChI=1S/C10H10N2O3/c1-5-11-6-2-3-8(13)10(6)7(12-5)4-9(14)15/h2-4H2,1H3,(H,14,15). The highest BCUT2D eigenvalue weighted by Crippen LogP contribution is 2.23. The topological polar surface area (TPSA) is 80.2 Å². The van der Waals surface area contributed by atoms with Gasteiger partial charge in [0.05, 0.1) is 23.4 Å². The number of hydrogen-bond donors (Lipinski definition) is 1. The highest BCUT2D eigenvalue weighted by atomic mass is 16.4. The van der Waals surface area contributed by atoms with Gasteiger partial charge in [-0.2, -0.15) is 0 Å². The van der Waals surface area contributed by atoms with Gasteiger partial charge in [-0.15, -0.1) is 0 Å². The predicted molar refractivity (Wildman–Crippen MR) is 50.8 cm³/mol. The molecule has 0 saturated carbocycles. The van der Waals surface area contributed by atoms with Crippen LogP contribution in [0.3, 0.4) is 0 Å². The fourth-order valence-electron chi connectivity index (χ4n) is 1.82. The molecule has 15 heavy (non-hydrogen) atoms. The molecule has 0 bridgehead atoms. The second-order valence-electron chi connectivity index (χ2n) is 3.53. The van der Waals surface area contributed by atoms with Crippen LogP contribution in [0.2, 0.25) is 0 Å². The number of aromatic nitrogens is 2. The van der Waals surface area contributed by atoms with Crippen molar-refractivity contribution < 1.29 is 14.7 Å². The van der Waals surface area contributed by atoms with E-state index in [1.807, 2.05) is 0 Å². The molecule has 0 spiro atoms. The normalized spacial score (nSPS) is 14.1. The average Bonchev–Trinajstić information content (AvgIpc) is 2.46. The van der Waals surface area contributed by atoms with Gasteiger partial charge in [0.15, 0.2) is 5.78 Å². The summed E-state index contributed by atoms with van der Waals surface area (Å²) < 4.78 is 0. The molecule has 1 N–H and O–H groups in total. The molecule has 2 rings (SSSR count). The Morgan fingerprint density at radius 2 is 2.13 bits per heavy atom. The summed E-state index contributed by atoms with van der Waals surface area (Å²) in [5.74, 6) is -0.490. The van der Waals surface area contributed by atoms with Gasteiger partial charge in [-0.05, 0) is 13.3 Å². The largest absolute Gasteiger partial charge is 0.481 e. The molecule has 78 valence electrons. The Morgan fingerprint density at radius 1 is 1.40 bits per heavy atom. The fourth-order valence-corrected chi connectivity index (χ4v) is 1.82. The van der Waals surface area contributed by atoms with E-state index in [2.05, 4.69) is 9.97 Å². The first kappa shape index (κ1) is 9.76. The first-order valence-electron chi connectivity index (χ1n) is 4.69. The highest BCUT2D eigenvalue weighted by Gasteiger charge is 2.26. The molecule has 0 aliphatic heterocycles. The van der Waals surface area contributed by atoms with Crippen molar-refractivity contribution in [1.82, 2.24) is 9.97 Å². The van der Waals surface area contributed by atoms with Crippen LogP contribution in [0.4, 0.5) is 0 Å². The second-order valence-corrected chi connectivity index (χ2v) is 3.53. The highest BCUT2D eigenvalue weighted by molar-refractivity contribution is 6.01. The lowest BCUT2D eigenvalue weighted by molar-refractivity contribution is -0.136. The van der Waals surface area contributed by atoms with Crippen LogP contribution in [0, 0.1) is 6.92 Å². The summed E-state index contributed by atoms with van der Waals surface area (Å²) in [6, 6.07) is 0. The molecule has 0 amide bonds. The van der Waals surface area contributed by atoms with Gasteiger partial charge in [0.2, 0.25) is 0 Å². The Labute approximate surface area is 86.2 Å². The van der Waals surface area contributed by atoms with Gasteiger partial charge >= 0.3 is 5.97 Å². The molecule has 0 atom stereocenters. The van der Waals surface area contributed by atoms with E-state index >= 15 is 0 Å². The summed E-state index contributed by atoms with van der Waals surface area (Å²) in [4.78, 5) is 30.3. The maximum absolute atomic E-state index is 11.5. The Bertz CT molecular complexity index is 454. The summed E-state index contributed by atoms with van der Waals surface area (Å²) >= 11 is 0. The SMILES string of the molecule is Cc1nc2c(c(CC(=O)O)n1)C(=O)CC2. The number of carbonyl (C=O) groups is 2. The van der Waals surface area contributed by atoms with Gasteiger partial charge in [-0.25, -0.2) is 9.97 Å². The van der Waals surface area contributed by atoms with E-state index in [1.54, 1.807) is 6.92 Å². The van der Waals surface area contributed by atoms with Crippen molar-refractivity contribution in [2.24, 2.45) is 0 Å². The van der Waals surface area contributed by atoms with E-state index in [0.717, 1.165) is 0 Å². The van der Waals surface area contributed by atoms with Crippen molar-refractivity contribution in [1.29, 1.82) is 0 Å². The summed E-state index contributed by atoms with van der Waals surface area (Å²) in [7, 11) is 0. The van der Waals surface area contributed by atoms with Crippen LogP contribution in [-0.2, 0) is 17.6 Å². The van der Waals surface area contributed by atoms with Crippen LogP contribution < -0.4 is 0 Å². The zero-order chi connectivity index (χ0) is 11.0. The number of aliphatic carboxylic acids is 1. The molecule has 0 radical (unpaired) electrons. The predicted octanol–water partition coefficient (Wildman–Crippen LogP) is 0.541. The van der Waals surface area contributed by atoms with Gasteiger partial charge < -0.3 is 5.11 Å². The van der Waals surface area contributed by atoms with Gasteiger partial charge in [-0.1, -0.05) is 0 Å². The van der Waals surface area contributed by atoms with Crippen molar-refractivity contribution in [3.63, 3.8) is 0 Å². The fraction of sp³-hybridized carbons (Fsp3) is 0.400. The van der Waals surface area contributed by atoms with Crippen LogP contribution in [0.5, 0.6) is 0 Å². The van der Waals surface area contributed by atoms with E-state index in [1.165, 1.54) is 0 Å². The number of hydrogen-bond acceptors (Lipinski definition) is 4. The molecule has 1 aromatic rings. The van der Waals surface area contributed by atoms with Crippen LogP contribution in [-0.4, -0.2) is 26.8 Å². The van der Waals surface area contributed by atoms with Crippen LogP contribution in [0.25, 0.3) is 0 Å². The quantitative estimate of drug-likeness (QED) is 0.763. The number of fused-ring (bicyclic) bond motifs is 1. The molecular formula is C10H10N2O3. The molecule has 0 fully saturated rings. The van der Waals surface area contributed by atoms with E-state index in [4.69, 9.17) is 5.11 Å². The first-order chi connectivity index (χ1) is 7.08. The van der Waals surface area contributed by atoms with Crippen molar-refractivity contribution >= 4 is 11.8 Å². The summed E-state index contributed by atoms with van der Waals surface area (Å²) in [6.45, 7) is 1.70. The summed E-state index contributed by atoms with van der Waals surface area (Å²) in [6.07, 6.45) is 0.807. The van der Waals surface area contributed by atoms with Crippen LogP contribution in [0.15, 0.2) is 0 Å². The molecule has 0 unspecified atom stereocenters. The first-order valence-corrected chi connectivity index (χ1v) is 4.69. The van der Waals surface area contributed by atoms with E-state index < -0.39 is 5.97 Å². The zero-order valence-corrected chi connectivity index (χ0v) is 8.28. The summed E-state index contributed by atoms with van der Waals surface area (Å²) in [5, 5.41) is 8.70. The Morgan fingerprint density at radius 3 is 2.80 bits per heavy atom. The molecule has 0 aromatic carbocycles. The number of carboxylic acids is 1. The monoisotopic (exact) mass is 206 g/mol. The Balaban J connectivity index is 2.53. The van der Waals surface area contributed by atoms with Crippen molar-refractivity contribution in [3.8, 4) is 0 Å². The second kappa shape index (κ2) is 3.42. The van der Waals surface area contributed by atoms with Crippen molar-refractivity contribution in [2.45, 2.75) is 26.2 Å². The van der Waals surface area contributed by atoms with Gasteiger partial charge in [0, 0.05) is 6.42 Å². The molecular weight excluding hydrogens is 196 g/mol. The lowest BCUT2D eigenvalue weighted by Crippen LogP contribution is -2.11. The molecule has 1 aliphatic rings. The third-order valence-corrected chi connectivity index (χ3v) is 2.36. The molecule has 1 aromatic heterocycles. The molecule has 1 heterocycles. The summed E-state index contributed by atoms with van der Waals surface area (Å²) in [5.41, 5.74) is 1.49. The van der Waals surface area contributed by atoms with E-state index in [9.17, 15) is 9.59 Å². The van der Waals surface area contributed by atoms with Crippen LogP contribution in [0.1, 0.15) is 34.0 Å². The van der Waals surface area contributed by atoms with Gasteiger partial charge in [0.25, 0.3) is 0 Å². The van der Waals surface area contributed by atoms with Crippen LogP contribution >= 0.6 is 0 Å². The molecule has 5 nitrogen and oxygen atoms in total. The minimum Gasteiger partial charge on any atom is -0.481 e. The van der Waals surface area contributed by atoms with Crippen molar-refractivity contribution in [2.75, 3.05) is 0 Å². The van der Waals surface area contributed by atoms with E-state index in [0.29, 0.717) is 35.6 Å². The smallest absolute Gasteiger partial charge is 0.309 e. The molecule has 1 aliphatic carbocycles. The maximum atomic E-state index is 11.5. The number of carboxylic acid groups (broad SMARTS) is 1. The number of rotatable bonds is 2. The number of carbonyl (C=O) groups excluding carboxylic acids is 1.